The summed E-state index contributed by atoms with van der Waals surface area (Å²) in [5, 5.41) is 10.2. The van der Waals surface area contributed by atoms with Crippen LogP contribution in [0, 0.1) is 11.8 Å². The number of likely N-dealkylation sites (tertiary alicyclic amines) is 1. The second-order valence-electron chi connectivity index (χ2n) is 11.4. The molecule has 0 aromatic carbocycles. The number of fused-ring (bicyclic) bond motifs is 1. The fraction of sp³-hybridized carbons (Fsp3) is 0.759. The van der Waals surface area contributed by atoms with Crippen LogP contribution in [-0.2, 0) is 23.9 Å². The van der Waals surface area contributed by atoms with Crippen molar-refractivity contribution in [3.8, 4) is 0 Å². The molecule has 2 unspecified atom stereocenters. The van der Waals surface area contributed by atoms with Crippen molar-refractivity contribution in [1.82, 2.24) is 9.80 Å². The van der Waals surface area contributed by atoms with Gasteiger partial charge in [0, 0.05) is 12.6 Å². The number of carbonyl (C=O) groups excluding carboxylic acids is 3. The van der Waals surface area contributed by atoms with E-state index < -0.39 is 41.1 Å². The van der Waals surface area contributed by atoms with Crippen molar-refractivity contribution in [2.45, 2.75) is 107 Å². The Bertz CT molecular complexity index is 897. The van der Waals surface area contributed by atoms with E-state index in [1.807, 2.05) is 18.7 Å². The Kier molecular flexibility index (Phi) is 8.48. The molecule has 8 nitrogen and oxygen atoms in total. The van der Waals surface area contributed by atoms with Gasteiger partial charge in [-0.3, -0.25) is 14.4 Å². The Morgan fingerprint density at radius 3 is 2.59 bits per heavy atom. The molecule has 3 aliphatic heterocycles. The third kappa shape index (κ3) is 4.65. The molecule has 37 heavy (non-hydrogen) atoms. The molecule has 6 atom stereocenters. The van der Waals surface area contributed by atoms with Crippen molar-refractivity contribution in [3.63, 3.8) is 0 Å². The molecule has 1 saturated carbocycles. The van der Waals surface area contributed by atoms with Gasteiger partial charge in [-0.2, -0.15) is 0 Å². The number of amides is 2. The maximum Gasteiger partial charge on any atom is 0.312 e. The second kappa shape index (κ2) is 11.3. The zero-order valence-electron chi connectivity index (χ0n) is 22.5. The first-order valence-electron chi connectivity index (χ1n) is 14.1. The summed E-state index contributed by atoms with van der Waals surface area (Å²) in [6.45, 7) is 11.8. The highest BCUT2D eigenvalue weighted by Gasteiger charge is 2.79. The number of hydrogen-bond donors (Lipinski definition) is 1. The van der Waals surface area contributed by atoms with Gasteiger partial charge < -0.3 is 24.4 Å². The van der Waals surface area contributed by atoms with Crippen molar-refractivity contribution in [2.75, 3.05) is 19.8 Å². The normalized spacial score (nSPS) is 33.8. The topological polar surface area (TPSA) is 96.4 Å². The first-order valence-corrected chi connectivity index (χ1v) is 14.1. The summed E-state index contributed by atoms with van der Waals surface area (Å²) >= 11 is 0. The maximum absolute atomic E-state index is 14.5. The maximum atomic E-state index is 14.5. The van der Waals surface area contributed by atoms with Gasteiger partial charge in [-0.05, 0) is 51.9 Å². The molecule has 8 heteroatoms. The summed E-state index contributed by atoms with van der Waals surface area (Å²) in [5.41, 5.74) is -1.97. The van der Waals surface area contributed by atoms with Gasteiger partial charge in [-0.1, -0.05) is 38.3 Å². The second-order valence-corrected chi connectivity index (χ2v) is 11.4. The lowest BCUT2D eigenvalue weighted by molar-refractivity contribution is -0.162. The highest BCUT2D eigenvalue weighted by molar-refractivity contribution is 5.98. The Balaban J connectivity index is 1.72. The van der Waals surface area contributed by atoms with Crippen LogP contribution in [0.15, 0.2) is 25.3 Å². The van der Waals surface area contributed by atoms with Crippen molar-refractivity contribution < 1.29 is 29.0 Å². The fourth-order valence-corrected chi connectivity index (χ4v) is 7.41. The molecule has 0 radical (unpaired) electrons. The first-order chi connectivity index (χ1) is 17.8. The highest BCUT2D eigenvalue weighted by atomic mass is 16.6. The lowest BCUT2D eigenvalue weighted by atomic mass is 9.66. The minimum atomic E-state index is -1.11. The summed E-state index contributed by atoms with van der Waals surface area (Å²) in [4.78, 5) is 45.5. The lowest BCUT2D eigenvalue weighted by Crippen LogP contribution is -2.60. The molecule has 2 bridgehead atoms. The summed E-state index contributed by atoms with van der Waals surface area (Å²) in [6, 6.07) is -1.33. The van der Waals surface area contributed by atoms with Crippen LogP contribution in [0.2, 0.25) is 0 Å². The quantitative estimate of drug-likeness (QED) is 0.243. The standard InChI is InChI=1S/C29H44N2O6/c1-5-8-12-18-36-27(35)23-22-25(33)31(20(7-3)19-32)24(29(22)16-15-28(23,4)37-29)26(34)30(17-6-2)21-13-10-9-11-14-21/h5-6,20-24,32H,1-2,7-19H2,3-4H3/t20-,22-,23+,24?,28-,29?/m0/s1. The zero-order chi connectivity index (χ0) is 26.8. The largest absolute Gasteiger partial charge is 0.465 e. The number of nitrogens with zero attached hydrogens (tertiary/aromatic N) is 2. The average Bonchev–Trinajstić information content (AvgIpc) is 3.47. The van der Waals surface area contributed by atoms with E-state index in [4.69, 9.17) is 9.47 Å². The van der Waals surface area contributed by atoms with Gasteiger partial charge in [-0.25, -0.2) is 0 Å². The Labute approximate surface area is 221 Å². The minimum absolute atomic E-state index is 0.0840. The minimum Gasteiger partial charge on any atom is -0.465 e. The van der Waals surface area contributed by atoms with Crippen LogP contribution < -0.4 is 0 Å². The Hall–Kier alpha value is -2.19. The van der Waals surface area contributed by atoms with E-state index in [2.05, 4.69) is 13.2 Å². The molecule has 4 rings (SSSR count). The number of hydrogen-bond acceptors (Lipinski definition) is 6. The van der Waals surface area contributed by atoms with E-state index in [1.165, 1.54) is 0 Å². The molecule has 1 N–H and O–H groups in total. The van der Waals surface area contributed by atoms with Crippen molar-refractivity contribution in [2.24, 2.45) is 11.8 Å². The van der Waals surface area contributed by atoms with Crippen molar-refractivity contribution in [1.29, 1.82) is 0 Å². The highest BCUT2D eigenvalue weighted by Crippen LogP contribution is 2.63. The molecular formula is C29H44N2O6. The number of ether oxygens (including phenoxy) is 2. The van der Waals surface area contributed by atoms with Crippen LogP contribution in [0.4, 0.5) is 0 Å². The summed E-state index contributed by atoms with van der Waals surface area (Å²) in [6.07, 6.45) is 11.6. The van der Waals surface area contributed by atoms with Gasteiger partial charge in [0.25, 0.3) is 0 Å². The Morgan fingerprint density at radius 2 is 1.97 bits per heavy atom. The van der Waals surface area contributed by atoms with Gasteiger partial charge >= 0.3 is 5.97 Å². The average molecular weight is 517 g/mol. The number of allylic oxidation sites excluding steroid dienone is 1. The molecule has 3 saturated heterocycles. The van der Waals surface area contributed by atoms with Crippen LogP contribution >= 0.6 is 0 Å². The number of aliphatic hydroxyl groups excluding tert-OH is 1. The van der Waals surface area contributed by atoms with E-state index in [-0.39, 0.29) is 31.1 Å². The van der Waals surface area contributed by atoms with Gasteiger partial charge in [0.05, 0.1) is 30.8 Å². The molecule has 4 fully saturated rings. The van der Waals surface area contributed by atoms with E-state index in [9.17, 15) is 19.5 Å². The van der Waals surface area contributed by atoms with Gasteiger partial charge in [-0.15, -0.1) is 13.2 Å². The molecule has 1 spiro atoms. The van der Waals surface area contributed by atoms with Crippen molar-refractivity contribution >= 4 is 17.8 Å². The number of unbranched alkanes of at least 4 members (excludes halogenated alkanes) is 1. The van der Waals surface area contributed by atoms with E-state index in [1.54, 1.807) is 17.1 Å². The van der Waals surface area contributed by atoms with Crippen molar-refractivity contribution in [3.05, 3.63) is 25.3 Å². The molecule has 1 aliphatic carbocycles. The third-order valence-corrected chi connectivity index (χ3v) is 9.20. The predicted octanol–water partition coefficient (Wildman–Crippen LogP) is 3.38. The number of esters is 1. The molecule has 4 aliphatic rings. The molecule has 2 amide bonds. The van der Waals surface area contributed by atoms with E-state index in [0.29, 0.717) is 32.2 Å². The SMILES string of the molecule is C=CCCCOC(=O)[C@H]1[C@H]2C(=O)N([C@@H](CC)CO)C(C(=O)N(CC=C)C3CCCCC3)C23CC[C@]1(C)O3. The Morgan fingerprint density at radius 1 is 1.24 bits per heavy atom. The monoisotopic (exact) mass is 516 g/mol. The van der Waals surface area contributed by atoms with Crippen LogP contribution in [-0.4, -0.2) is 81.8 Å². The lowest BCUT2D eigenvalue weighted by Gasteiger charge is -2.42. The first kappa shape index (κ1) is 27.8. The predicted molar refractivity (Wildman–Crippen MR) is 139 cm³/mol. The van der Waals surface area contributed by atoms with E-state index >= 15 is 0 Å². The van der Waals surface area contributed by atoms with Crippen LogP contribution in [0.3, 0.4) is 0 Å². The molecule has 206 valence electrons. The molecule has 3 heterocycles. The zero-order valence-corrected chi connectivity index (χ0v) is 22.5. The molecular weight excluding hydrogens is 472 g/mol. The summed E-state index contributed by atoms with van der Waals surface area (Å²) in [5.74, 6) is -2.45. The smallest absolute Gasteiger partial charge is 0.312 e. The van der Waals surface area contributed by atoms with E-state index in [0.717, 1.165) is 38.5 Å². The van der Waals surface area contributed by atoms with Crippen LogP contribution in [0.25, 0.3) is 0 Å². The van der Waals surface area contributed by atoms with Crippen LogP contribution in [0.5, 0.6) is 0 Å². The molecule has 0 aromatic heterocycles. The number of aliphatic hydroxyl groups is 1. The number of rotatable bonds is 12. The molecule has 0 aromatic rings. The summed E-state index contributed by atoms with van der Waals surface area (Å²) in [7, 11) is 0. The van der Waals surface area contributed by atoms with Gasteiger partial charge in [0.15, 0.2) is 0 Å². The number of carbonyl (C=O) groups is 3. The summed E-state index contributed by atoms with van der Waals surface area (Å²) < 4.78 is 12.3. The van der Waals surface area contributed by atoms with Gasteiger partial charge in [0.1, 0.15) is 17.6 Å². The van der Waals surface area contributed by atoms with Gasteiger partial charge in [0.2, 0.25) is 11.8 Å². The third-order valence-electron chi connectivity index (χ3n) is 9.20. The van der Waals surface area contributed by atoms with Crippen LogP contribution in [0.1, 0.15) is 78.1 Å². The fourth-order valence-electron chi connectivity index (χ4n) is 7.41.